The lowest BCUT2D eigenvalue weighted by molar-refractivity contribution is 0.102. The van der Waals surface area contributed by atoms with E-state index in [0.717, 1.165) is 43.4 Å². The van der Waals surface area contributed by atoms with Crippen molar-refractivity contribution in [2.75, 3.05) is 48.4 Å². The minimum atomic E-state index is -0.128. The van der Waals surface area contributed by atoms with Gasteiger partial charge in [-0.15, -0.1) is 0 Å². The van der Waals surface area contributed by atoms with Gasteiger partial charge in [0.25, 0.3) is 5.91 Å². The number of pyridine rings is 1. The fraction of sp³-hybridized carbons (Fsp3) is 0.217. The molecular weight excluding hydrogens is 364 g/mol. The number of nitrogens with zero attached hydrogens (tertiary/aromatic N) is 3. The van der Waals surface area contributed by atoms with Crippen LogP contribution in [0.1, 0.15) is 10.4 Å². The molecule has 1 aromatic heterocycles. The zero-order valence-corrected chi connectivity index (χ0v) is 16.4. The van der Waals surface area contributed by atoms with Gasteiger partial charge in [0.2, 0.25) is 0 Å². The van der Waals surface area contributed by atoms with Gasteiger partial charge in [-0.25, -0.2) is 4.98 Å². The van der Waals surface area contributed by atoms with Gasteiger partial charge in [0, 0.05) is 49.3 Å². The Morgan fingerprint density at radius 2 is 1.62 bits per heavy atom. The van der Waals surface area contributed by atoms with Gasteiger partial charge in [-0.1, -0.05) is 18.2 Å². The number of nitrogens with one attached hydrogen (secondary N) is 1. The minimum absolute atomic E-state index is 0.128. The number of amides is 1. The standard InChI is InChI=1S/C23H24N4O2/c1-29-21-9-7-20(8-10-21)26-13-15-27(16-14-26)22-17-18(11-12-24-22)23(28)25-19-5-3-2-4-6-19/h2-12,17H,13-16H2,1H3,(H,25,28). The Kier molecular flexibility index (Phi) is 5.61. The molecule has 0 atom stereocenters. The van der Waals surface area contributed by atoms with Crippen LogP contribution in [0.5, 0.6) is 5.75 Å². The Labute approximate surface area is 170 Å². The number of para-hydroxylation sites is 1. The maximum absolute atomic E-state index is 12.6. The number of rotatable bonds is 5. The van der Waals surface area contributed by atoms with Gasteiger partial charge in [0.15, 0.2) is 0 Å². The smallest absolute Gasteiger partial charge is 0.255 e. The van der Waals surface area contributed by atoms with Gasteiger partial charge >= 0.3 is 0 Å². The molecule has 29 heavy (non-hydrogen) atoms. The van der Waals surface area contributed by atoms with Crippen LogP contribution in [-0.4, -0.2) is 44.2 Å². The van der Waals surface area contributed by atoms with Crippen molar-refractivity contribution in [2.24, 2.45) is 0 Å². The summed E-state index contributed by atoms with van der Waals surface area (Å²) in [6, 6.07) is 21.2. The van der Waals surface area contributed by atoms with E-state index in [1.54, 1.807) is 19.4 Å². The van der Waals surface area contributed by atoms with Gasteiger partial charge < -0.3 is 19.9 Å². The lowest BCUT2D eigenvalue weighted by atomic mass is 10.2. The van der Waals surface area contributed by atoms with Crippen LogP contribution in [0.25, 0.3) is 0 Å². The Bertz CT molecular complexity index is 952. The highest BCUT2D eigenvalue weighted by Crippen LogP contribution is 2.22. The molecule has 1 aliphatic heterocycles. The van der Waals surface area contributed by atoms with Crippen LogP contribution in [0, 0.1) is 0 Å². The predicted octanol–water partition coefficient (Wildman–Crippen LogP) is 3.67. The van der Waals surface area contributed by atoms with Crippen molar-refractivity contribution < 1.29 is 9.53 Å². The predicted molar refractivity (Wildman–Crippen MR) is 116 cm³/mol. The molecule has 1 amide bonds. The van der Waals surface area contributed by atoms with Crippen molar-refractivity contribution in [3.05, 3.63) is 78.5 Å². The van der Waals surface area contributed by atoms with E-state index >= 15 is 0 Å². The summed E-state index contributed by atoms with van der Waals surface area (Å²) in [5.41, 5.74) is 2.58. The van der Waals surface area contributed by atoms with E-state index < -0.39 is 0 Å². The van der Waals surface area contributed by atoms with Crippen molar-refractivity contribution in [1.29, 1.82) is 0 Å². The van der Waals surface area contributed by atoms with E-state index in [1.165, 1.54) is 5.69 Å². The van der Waals surface area contributed by atoms with Gasteiger partial charge in [-0.3, -0.25) is 4.79 Å². The number of aromatic nitrogens is 1. The number of benzene rings is 2. The first-order valence-electron chi connectivity index (χ1n) is 9.69. The topological polar surface area (TPSA) is 57.7 Å². The van der Waals surface area contributed by atoms with E-state index in [1.807, 2.05) is 48.5 Å². The highest BCUT2D eigenvalue weighted by atomic mass is 16.5. The third kappa shape index (κ3) is 4.48. The Balaban J connectivity index is 1.39. The summed E-state index contributed by atoms with van der Waals surface area (Å²) in [4.78, 5) is 21.6. The van der Waals surface area contributed by atoms with Crippen LogP contribution >= 0.6 is 0 Å². The third-order valence-electron chi connectivity index (χ3n) is 5.08. The molecule has 0 spiro atoms. The van der Waals surface area contributed by atoms with Crippen molar-refractivity contribution in [3.8, 4) is 5.75 Å². The van der Waals surface area contributed by atoms with Crippen LogP contribution in [0.2, 0.25) is 0 Å². The number of carbonyl (C=O) groups excluding carboxylic acids is 1. The molecular formula is C23H24N4O2. The van der Waals surface area contributed by atoms with Crippen molar-refractivity contribution in [2.45, 2.75) is 0 Å². The van der Waals surface area contributed by atoms with E-state index in [-0.39, 0.29) is 5.91 Å². The van der Waals surface area contributed by atoms with Crippen LogP contribution < -0.4 is 19.9 Å². The maximum Gasteiger partial charge on any atom is 0.255 e. The average molecular weight is 388 g/mol. The van der Waals surface area contributed by atoms with Crippen LogP contribution in [0.3, 0.4) is 0 Å². The fourth-order valence-electron chi connectivity index (χ4n) is 3.44. The Morgan fingerprint density at radius 1 is 0.931 bits per heavy atom. The van der Waals surface area contributed by atoms with Crippen LogP contribution in [0.15, 0.2) is 72.9 Å². The highest BCUT2D eigenvalue weighted by Gasteiger charge is 2.19. The van der Waals surface area contributed by atoms with Gasteiger partial charge in [0.1, 0.15) is 11.6 Å². The number of ether oxygens (including phenoxy) is 1. The van der Waals surface area contributed by atoms with E-state index in [4.69, 9.17) is 4.74 Å². The number of hydrogen-bond acceptors (Lipinski definition) is 5. The SMILES string of the molecule is COc1ccc(N2CCN(c3cc(C(=O)Nc4ccccc4)ccn3)CC2)cc1. The second-order valence-corrected chi connectivity index (χ2v) is 6.89. The summed E-state index contributed by atoms with van der Waals surface area (Å²) in [7, 11) is 1.68. The van der Waals surface area contributed by atoms with Crippen molar-refractivity contribution in [3.63, 3.8) is 0 Å². The minimum Gasteiger partial charge on any atom is -0.497 e. The largest absolute Gasteiger partial charge is 0.497 e. The summed E-state index contributed by atoms with van der Waals surface area (Å²) in [6.45, 7) is 3.49. The first-order chi connectivity index (χ1) is 14.2. The van der Waals surface area contributed by atoms with Gasteiger partial charge in [-0.05, 0) is 48.5 Å². The number of anilines is 3. The monoisotopic (exact) mass is 388 g/mol. The summed E-state index contributed by atoms with van der Waals surface area (Å²) in [5, 5.41) is 2.92. The normalized spacial score (nSPS) is 13.8. The van der Waals surface area contributed by atoms with Crippen LogP contribution in [0.4, 0.5) is 17.2 Å². The molecule has 4 rings (SSSR count). The summed E-state index contributed by atoms with van der Waals surface area (Å²) < 4.78 is 5.23. The molecule has 0 unspecified atom stereocenters. The molecule has 3 aromatic rings. The zero-order valence-electron chi connectivity index (χ0n) is 16.4. The molecule has 2 heterocycles. The van der Waals surface area contributed by atoms with E-state index in [9.17, 15) is 4.79 Å². The molecule has 148 valence electrons. The van der Waals surface area contributed by atoms with E-state index in [0.29, 0.717) is 5.56 Å². The summed E-state index contributed by atoms with van der Waals surface area (Å²) in [6.07, 6.45) is 1.70. The van der Waals surface area contributed by atoms with E-state index in [2.05, 4.69) is 32.2 Å². The lowest BCUT2D eigenvalue weighted by Gasteiger charge is -2.36. The number of piperazine rings is 1. The Morgan fingerprint density at radius 3 is 2.31 bits per heavy atom. The van der Waals surface area contributed by atoms with Crippen molar-refractivity contribution >= 4 is 23.1 Å². The van der Waals surface area contributed by atoms with Crippen molar-refractivity contribution in [1.82, 2.24) is 4.98 Å². The van der Waals surface area contributed by atoms with Crippen LogP contribution in [-0.2, 0) is 0 Å². The molecule has 0 radical (unpaired) electrons. The Hall–Kier alpha value is -3.54. The maximum atomic E-state index is 12.6. The highest BCUT2D eigenvalue weighted by molar-refractivity contribution is 6.04. The molecule has 6 nitrogen and oxygen atoms in total. The second kappa shape index (κ2) is 8.65. The third-order valence-corrected chi connectivity index (χ3v) is 5.08. The number of hydrogen-bond donors (Lipinski definition) is 1. The molecule has 1 fully saturated rings. The molecule has 0 bridgehead atoms. The quantitative estimate of drug-likeness (QED) is 0.723. The summed E-state index contributed by atoms with van der Waals surface area (Å²) >= 11 is 0. The molecule has 0 aliphatic carbocycles. The molecule has 1 N–H and O–H groups in total. The number of methoxy groups -OCH3 is 1. The lowest BCUT2D eigenvalue weighted by Crippen LogP contribution is -2.46. The second-order valence-electron chi connectivity index (χ2n) is 6.89. The van der Waals surface area contributed by atoms with Gasteiger partial charge in [0.05, 0.1) is 7.11 Å². The van der Waals surface area contributed by atoms with Gasteiger partial charge in [-0.2, -0.15) is 0 Å². The molecule has 1 aliphatic rings. The fourth-order valence-corrected chi connectivity index (χ4v) is 3.44. The molecule has 1 saturated heterocycles. The molecule has 2 aromatic carbocycles. The number of carbonyl (C=O) groups is 1. The molecule has 0 saturated carbocycles. The molecule has 6 heteroatoms. The average Bonchev–Trinajstić information content (AvgIpc) is 2.80. The first-order valence-corrected chi connectivity index (χ1v) is 9.69. The zero-order chi connectivity index (χ0) is 20.1. The first kappa shape index (κ1) is 18.8. The summed E-state index contributed by atoms with van der Waals surface area (Å²) in [5.74, 6) is 1.57.